The molecule has 0 aliphatic carbocycles. The predicted molar refractivity (Wildman–Crippen MR) is 74.0 cm³/mol. The number of carbonyl (C=O) groups excluding carboxylic acids is 1. The quantitative estimate of drug-likeness (QED) is 0.819. The van der Waals surface area contributed by atoms with Gasteiger partial charge in [-0.05, 0) is 17.9 Å². The summed E-state index contributed by atoms with van der Waals surface area (Å²) in [4.78, 5) is 29.5. The number of rotatable bonds is 5. The summed E-state index contributed by atoms with van der Waals surface area (Å²) in [7, 11) is 0. The third-order valence-electron chi connectivity index (χ3n) is 2.93. The highest BCUT2D eigenvalue weighted by Gasteiger charge is 2.20. The van der Waals surface area contributed by atoms with Gasteiger partial charge in [-0.25, -0.2) is 9.78 Å². The Kier molecular flexibility index (Phi) is 3.98. The van der Waals surface area contributed by atoms with Gasteiger partial charge in [0.25, 0.3) is 0 Å². The number of nitrogens with zero attached hydrogens (tertiary/aromatic N) is 1. The van der Waals surface area contributed by atoms with Crippen molar-refractivity contribution in [3.05, 3.63) is 53.1 Å². The summed E-state index contributed by atoms with van der Waals surface area (Å²) in [5.41, 5.74) is 1.35. The second-order valence-corrected chi connectivity index (χ2v) is 5.06. The Labute approximate surface area is 116 Å². The van der Waals surface area contributed by atoms with Crippen LogP contribution in [0.1, 0.15) is 46.0 Å². The van der Waals surface area contributed by atoms with Crippen molar-refractivity contribution < 1.29 is 14.7 Å². The highest BCUT2D eigenvalue weighted by atomic mass is 16.4. The standard InChI is InChI=1S/C15H16N2O3/c1-9(2)7-10-3-5-11(6-4-10)14(18)12-13(15(19)20)17-8-16-12/h3-6,8-9H,7H2,1-2H3,(H,16,17)(H,19,20). The molecule has 0 unspecified atom stereocenters. The second-order valence-electron chi connectivity index (χ2n) is 5.06. The summed E-state index contributed by atoms with van der Waals surface area (Å²) in [6, 6.07) is 7.20. The molecule has 20 heavy (non-hydrogen) atoms. The monoisotopic (exact) mass is 272 g/mol. The van der Waals surface area contributed by atoms with Crippen molar-refractivity contribution in [2.75, 3.05) is 0 Å². The van der Waals surface area contributed by atoms with Crippen LogP contribution in [0.15, 0.2) is 30.6 Å². The lowest BCUT2D eigenvalue weighted by molar-refractivity contribution is 0.0687. The number of H-pyrrole nitrogens is 1. The van der Waals surface area contributed by atoms with Crippen LogP contribution in [0.25, 0.3) is 0 Å². The number of imidazole rings is 1. The van der Waals surface area contributed by atoms with Crippen molar-refractivity contribution in [3.63, 3.8) is 0 Å². The zero-order valence-electron chi connectivity index (χ0n) is 11.4. The van der Waals surface area contributed by atoms with Gasteiger partial charge in [0.1, 0.15) is 5.69 Å². The van der Waals surface area contributed by atoms with Crippen molar-refractivity contribution in [3.8, 4) is 0 Å². The predicted octanol–water partition coefficient (Wildman–Crippen LogP) is 2.54. The molecule has 2 rings (SSSR count). The van der Waals surface area contributed by atoms with E-state index in [1.165, 1.54) is 6.33 Å². The van der Waals surface area contributed by atoms with Crippen molar-refractivity contribution in [2.45, 2.75) is 20.3 Å². The highest BCUT2D eigenvalue weighted by Crippen LogP contribution is 2.14. The van der Waals surface area contributed by atoms with Gasteiger partial charge in [-0.3, -0.25) is 4.79 Å². The number of aromatic amines is 1. The molecular weight excluding hydrogens is 256 g/mol. The maximum absolute atomic E-state index is 12.2. The number of hydrogen-bond acceptors (Lipinski definition) is 3. The molecular formula is C15H16N2O3. The molecule has 0 amide bonds. The summed E-state index contributed by atoms with van der Waals surface area (Å²) in [5.74, 6) is -1.04. The van der Waals surface area contributed by atoms with Crippen molar-refractivity contribution in [2.24, 2.45) is 5.92 Å². The number of aromatic nitrogens is 2. The lowest BCUT2D eigenvalue weighted by Crippen LogP contribution is -2.09. The number of carboxylic acids is 1. The van der Waals surface area contributed by atoms with E-state index in [2.05, 4.69) is 23.8 Å². The van der Waals surface area contributed by atoms with Gasteiger partial charge in [-0.2, -0.15) is 0 Å². The lowest BCUT2D eigenvalue weighted by Gasteiger charge is -2.05. The van der Waals surface area contributed by atoms with E-state index in [-0.39, 0.29) is 17.2 Å². The van der Waals surface area contributed by atoms with E-state index in [1.54, 1.807) is 12.1 Å². The summed E-state index contributed by atoms with van der Waals surface area (Å²) < 4.78 is 0. The number of carboxylic acid groups (broad SMARTS) is 1. The van der Waals surface area contributed by atoms with E-state index in [1.807, 2.05) is 12.1 Å². The van der Waals surface area contributed by atoms with Crippen LogP contribution in [-0.4, -0.2) is 26.8 Å². The maximum atomic E-state index is 12.2. The van der Waals surface area contributed by atoms with Crippen molar-refractivity contribution in [1.82, 2.24) is 9.97 Å². The Balaban J connectivity index is 2.25. The summed E-state index contributed by atoms with van der Waals surface area (Å²) in [6.45, 7) is 4.25. The first-order valence-electron chi connectivity index (χ1n) is 6.39. The van der Waals surface area contributed by atoms with Gasteiger partial charge in [0, 0.05) is 5.56 Å². The van der Waals surface area contributed by atoms with Crippen LogP contribution >= 0.6 is 0 Å². The van der Waals surface area contributed by atoms with Gasteiger partial charge in [-0.15, -0.1) is 0 Å². The molecule has 0 saturated heterocycles. The Morgan fingerprint density at radius 3 is 2.45 bits per heavy atom. The molecule has 1 aromatic carbocycles. The number of benzene rings is 1. The average Bonchev–Trinajstić information content (AvgIpc) is 2.87. The van der Waals surface area contributed by atoms with Gasteiger partial charge in [0.05, 0.1) is 6.33 Å². The first-order chi connectivity index (χ1) is 9.49. The van der Waals surface area contributed by atoms with Gasteiger partial charge < -0.3 is 10.1 Å². The fourth-order valence-electron chi connectivity index (χ4n) is 2.03. The van der Waals surface area contributed by atoms with E-state index in [9.17, 15) is 9.59 Å². The van der Waals surface area contributed by atoms with Crippen LogP contribution in [-0.2, 0) is 6.42 Å². The number of carbonyl (C=O) groups is 2. The first-order valence-corrected chi connectivity index (χ1v) is 6.39. The van der Waals surface area contributed by atoms with E-state index >= 15 is 0 Å². The molecule has 5 nitrogen and oxygen atoms in total. The number of nitrogens with one attached hydrogen (secondary N) is 1. The average molecular weight is 272 g/mol. The Bertz CT molecular complexity index is 627. The van der Waals surface area contributed by atoms with E-state index in [0.29, 0.717) is 11.5 Å². The highest BCUT2D eigenvalue weighted by molar-refractivity contribution is 6.12. The summed E-state index contributed by atoms with van der Waals surface area (Å²) in [5, 5.41) is 8.97. The zero-order valence-corrected chi connectivity index (χ0v) is 11.4. The fourth-order valence-corrected chi connectivity index (χ4v) is 2.03. The van der Waals surface area contributed by atoms with Crippen LogP contribution < -0.4 is 0 Å². The number of hydrogen-bond donors (Lipinski definition) is 2. The molecule has 0 fully saturated rings. The Morgan fingerprint density at radius 1 is 1.25 bits per heavy atom. The Morgan fingerprint density at radius 2 is 1.90 bits per heavy atom. The topological polar surface area (TPSA) is 83.0 Å². The first kappa shape index (κ1) is 14.0. The van der Waals surface area contributed by atoms with Crippen LogP contribution in [0.5, 0.6) is 0 Å². The van der Waals surface area contributed by atoms with Gasteiger partial charge >= 0.3 is 5.97 Å². The molecule has 0 radical (unpaired) electrons. The van der Waals surface area contributed by atoms with E-state index in [0.717, 1.165) is 12.0 Å². The van der Waals surface area contributed by atoms with Crippen LogP contribution in [0.3, 0.4) is 0 Å². The molecule has 0 aliphatic rings. The zero-order chi connectivity index (χ0) is 14.7. The number of aromatic carboxylic acids is 1. The molecule has 0 saturated carbocycles. The minimum Gasteiger partial charge on any atom is -0.477 e. The van der Waals surface area contributed by atoms with E-state index < -0.39 is 5.97 Å². The van der Waals surface area contributed by atoms with Crippen LogP contribution in [0.4, 0.5) is 0 Å². The van der Waals surface area contributed by atoms with Crippen molar-refractivity contribution in [1.29, 1.82) is 0 Å². The van der Waals surface area contributed by atoms with Crippen LogP contribution in [0, 0.1) is 5.92 Å². The SMILES string of the molecule is CC(C)Cc1ccc(C(=O)c2nc[nH]c2C(=O)O)cc1. The molecule has 2 aromatic rings. The molecule has 1 heterocycles. The molecule has 5 heteroatoms. The fraction of sp³-hybridized carbons (Fsp3) is 0.267. The van der Waals surface area contributed by atoms with Crippen LogP contribution in [0.2, 0.25) is 0 Å². The smallest absolute Gasteiger partial charge is 0.354 e. The third-order valence-corrected chi connectivity index (χ3v) is 2.93. The van der Waals surface area contributed by atoms with Gasteiger partial charge in [0.15, 0.2) is 5.69 Å². The minimum absolute atomic E-state index is 0.0610. The Hall–Kier alpha value is -2.43. The second kappa shape index (κ2) is 5.69. The molecule has 0 atom stereocenters. The largest absolute Gasteiger partial charge is 0.477 e. The molecule has 0 spiro atoms. The minimum atomic E-state index is -1.19. The van der Waals surface area contributed by atoms with E-state index in [4.69, 9.17) is 5.11 Å². The van der Waals surface area contributed by atoms with Crippen molar-refractivity contribution >= 4 is 11.8 Å². The molecule has 1 aromatic heterocycles. The van der Waals surface area contributed by atoms with Gasteiger partial charge in [0.2, 0.25) is 5.78 Å². The molecule has 0 bridgehead atoms. The van der Waals surface area contributed by atoms with Gasteiger partial charge in [-0.1, -0.05) is 38.1 Å². The lowest BCUT2D eigenvalue weighted by atomic mass is 9.99. The molecule has 0 aliphatic heterocycles. The summed E-state index contributed by atoms with van der Waals surface area (Å²) in [6.07, 6.45) is 2.15. The molecule has 104 valence electrons. The third kappa shape index (κ3) is 2.93. The number of ketones is 1. The normalized spacial score (nSPS) is 10.8. The molecule has 2 N–H and O–H groups in total. The maximum Gasteiger partial charge on any atom is 0.354 e. The summed E-state index contributed by atoms with van der Waals surface area (Å²) >= 11 is 0.